The summed E-state index contributed by atoms with van der Waals surface area (Å²) >= 11 is 0. The van der Waals surface area contributed by atoms with Crippen LogP contribution in [0.2, 0.25) is 0 Å². The summed E-state index contributed by atoms with van der Waals surface area (Å²) in [5.74, 6) is 0.119. The molecule has 4 nitrogen and oxygen atoms in total. The predicted molar refractivity (Wildman–Crippen MR) is 77.0 cm³/mol. The fraction of sp³-hybridized carbons (Fsp3) is 0.533. The summed E-state index contributed by atoms with van der Waals surface area (Å²) in [4.78, 5) is 14.2. The van der Waals surface area contributed by atoms with Gasteiger partial charge in [-0.25, -0.2) is 0 Å². The number of carbonyl (C=O) groups is 1. The standard InChI is InChI=1S/C15H23N3O/c1-18(2)9-5-8-16-15(19)14-10-12-6-3-4-7-13(12)11-17-14/h3-4,6-7,14,17H,5,8-11H2,1-2H3,(H,16,19)/t14-/m1/s1. The maximum absolute atomic E-state index is 12.1. The summed E-state index contributed by atoms with van der Waals surface area (Å²) < 4.78 is 0. The van der Waals surface area contributed by atoms with Gasteiger partial charge in [-0.2, -0.15) is 0 Å². The van der Waals surface area contributed by atoms with Crippen molar-refractivity contribution in [1.29, 1.82) is 0 Å². The second-order valence-electron chi connectivity index (χ2n) is 5.35. The first-order valence-electron chi connectivity index (χ1n) is 6.89. The number of hydrogen-bond donors (Lipinski definition) is 2. The van der Waals surface area contributed by atoms with Crippen LogP contribution in [0, 0.1) is 0 Å². The van der Waals surface area contributed by atoms with Crippen molar-refractivity contribution in [2.75, 3.05) is 27.2 Å². The van der Waals surface area contributed by atoms with Crippen LogP contribution in [0.4, 0.5) is 0 Å². The van der Waals surface area contributed by atoms with Crippen LogP contribution < -0.4 is 10.6 Å². The molecule has 0 spiro atoms. The number of nitrogens with one attached hydrogen (secondary N) is 2. The van der Waals surface area contributed by atoms with E-state index in [9.17, 15) is 4.79 Å². The first-order valence-corrected chi connectivity index (χ1v) is 6.89. The lowest BCUT2D eigenvalue weighted by Gasteiger charge is -2.25. The molecule has 1 aromatic rings. The lowest BCUT2D eigenvalue weighted by Crippen LogP contribution is -2.48. The van der Waals surface area contributed by atoms with Gasteiger partial charge in [0.25, 0.3) is 0 Å². The quantitative estimate of drug-likeness (QED) is 0.770. The maximum Gasteiger partial charge on any atom is 0.237 e. The van der Waals surface area contributed by atoms with Crippen LogP contribution in [-0.2, 0) is 17.8 Å². The Hall–Kier alpha value is -1.39. The molecule has 1 atom stereocenters. The zero-order valence-electron chi connectivity index (χ0n) is 11.8. The van der Waals surface area contributed by atoms with E-state index < -0.39 is 0 Å². The van der Waals surface area contributed by atoms with Crippen molar-refractivity contribution < 1.29 is 4.79 Å². The smallest absolute Gasteiger partial charge is 0.237 e. The van der Waals surface area contributed by atoms with E-state index in [1.807, 2.05) is 26.2 Å². The normalized spacial score (nSPS) is 18.2. The van der Waals surface area contributed by atoms with Gasteiger partial charge in [0.2, 0.25) is 5.91 Å². The highest BCUT2D eigenvalue weighted by Crippen LogP contribution is 2.16. The Morgan fingerprint density at radius 3 is 2.84 bits per heavy atom. The molecule has 0 aromatic heterocycles. The Kier molecular flexibility index (Phi) is 4.93. The molecule has 4 heteroatoms. The molecule has 19 heavy (non-hydrogen) atoms. The van der Waals surface area contributed by atoms with Crippen LogP contribution in [0.1, 0.15) is 17.5 Å². The van der Waals surface area contributed by atoms with Gasteiger partial charge in [0, 0.05) is 13.1 Å². The number of nitrogens with zero attached hydrogens (tertiary/aromatic N) is 1. The van der Waals surface area contributed by atoms with E-state index in [1.54, 1.807) is 0 Å². The molecule has 0 bridgehead atoms. The summed E-state index contributed by atoms with van der Waals surface area (Å²) in [5.41, 5.74) is 2.59. The minimum absolute atomic E-state index is 0.0887. The maximum atomic E-state index is 12.1. The van der Waals surface area contributed by atoms with Crippen molar-refractivity contribution in [3.63, 3.8) is 0 Å². The highest BCUT2D eigenvalue weighted by molar-refractivity contribution is 5.82. The minimum Gasteiger partial charge on any atom is -0.355 e. The molecule has 0 aliphatic carbocycles. The topological polar surface area (TPSA) is 44.4 Å². The Bertz CT molecular complexity index is 431. The largest absolute Gasteiger partial charge is 0.355 e. The minimum atomic E-state index is -0.0887. The second-order valence-corrected chi connectivity index (χ2v) is 5.35. The van der Waals surface area contributed by atoms with Crippen LogP contribution in [0.3, 0.4) is 0 Å². The van der Waals surface area contributed by atoms with E-state index in [-0.39, 0.29) is 11.9 Å². The third kappa shape index (κ3) is 4.04. The Morgan fingerprint density at radius 1 is 1.37 bits per heavy atom. The van der Waals surface area contributed by atoms with Gasteiger partial charge in [-0.05, 0) is 44.6 Å². The number of benzene rings is 1. The van der Waals surface area contributed by atoms with E-state index in [0.717, 1.165) is 32.5 Å². The number of rotatable bonds is 5. The zero-order valence-corrected chi connectivity index (χ0v) is 11.8. The lowest BCUT2D eigenvalue weighted by atomic mass is 9.95. The van der Waals surface area contributed by atoms with Crippen LogP contribution in [0.25, 0.3) is 0 Å². The van der Waals surface area contributed by atoms with Crippen LogP contribution in [0.15, 0.2) is 24.3 Å². The Balaban J connectivity index is 1.79. The van der Waals surface area contributed by atoms with Gasteiger partial charge in [0.05, 0.1) is 6.04 Å². The molecule has 0 saturated carbocycles. The van der Waals surface area contributed by atoms with Crippen molar-refractivity contribution in [1.82, 2.24) is 15.5 Å². The summed E-state index contributed by atoms with van der Waals surface area (Å²) in [6.45, 7) is 2.53. The first kappa shape index (κ1) is 14.0. The molecule has 1 aliphatic heterocycles. The average Bonchev–Trinajstić information content (AvgIpc) is 2.42. The van der Waals surface area contributed by atoms with Crippen LogP contribution in [-0.4, -0.2) is 44.0 Å². The average molecular weight is 261 g/mol. The number of carbonyl (C=O) groups excluding carboxylic acids is 1. The van der Waals surface area contributed by atoms with Gasteiger partial charge in [0.15, 0.2) is 0 Å². The van der Waals surface area contributed by atoms with Crippen molar-refractivity contribution in [3.8, 4) is 0 Å². The van der Waals surface area contributed by atoms with E-state index in [4.69, 9.17) is 0 Å². The van der Waals surface area contributed by atoms with Gasteiger partial charge in [0.1, 0.15) is 0 Å². The molecule has 104 valence electrons. The van der Waals surface area contributed by atoms with E-state index in [2.05, 4.69) is 27.7 Å². The SMILES string of the molecule is CN(C)CCCNC(=O)[C@H]1Cc2ccccc2CN1. The highest BCUT2D eigenvalue weighted by Gasteiger charge is 2.23. The van der Waals surface area contributed by atoms with Gasteiger partial charge < -0.3 is 15.5 Å². The van der Waals surface area contributed by atoms with E-state index in [1.165, 1.54) is 11.1 Å². The fourth-order valence-electron chi connectivity index (χ4n) is 2.37. The molecule has 1 aromatic carbocycles. The molecular weight excluding hydrogens is 238 g/mol. The highest BCUT2D eigenvalue weighted by atomic mass is 16.2. The zero-order chi connectivity index (χ0) is 13.7. The number of amides is 1. The number of fused-ring (bicyclic) bond motifs is 1. The van der Waals surface area contributed by atoms with Crippen LogP contribution in [0.5, 0.6) is 0 Å². The van der Waals surface area contributed by atoms with Gasteiger partial charge in [-0.15, -0.1) is 0 Å². The molecule has 1 heterocycles. The Morgan fingerprint density at radius 2 is 2.11 bits per heavy atom. The molecule has 0 unspecified atom stereocenters. The molecule has 2 N–H and O–H groups in total. The first-order chi connectivity index (χ1) is 9.16. The van der Waals surface area contributed by atoms with E-state index in [0.29, 0.717) is 0 Å². The monoisotopic (exact) mass is 261 g/mol. The van der Waals surface area contributed by atoms with Gasteiger partial charge in [-0.3, -0.25) is 4.79 Å². The fourth-order valence-corrected chi connectivity index (χ4v) is 2.37. The third-order valence-corrected chi connectivity index (χ3v) is 3.48. The number of hydrogen-bond acceptors (Lipinski definition) is 3. The van der Waals surface area contributed by atoms with Crippen molar-refractivity contribution in [3.05, 3.63) is 35.4 Å². The molecule has 0 fully saturated rings. The molecule has 2 rings (SSSR count). The summed E-state index contributed by atoms with van der Waals surface area (Å²) in [5, 5.41) is 6.31. The molecule has 0 saturated heterocycles. The molecule has 0 radical (unpaired) electrons. The second kappa shape index (κ2) is 6.68. The van der Waals surface area contributed by atoms with Gasteiger partial charge >= 0.3 is 0 Å². The summed E-state index contributed by atoms with van der Waals surface area (Å²) in [6, 6.07) is 8.23. The molecular formula is C15H23N3O. The Labute approximate surface area is 115 Å². The molecule has 1 aliphatic rings. The summed E-state index contributed by atoms with van der Waals surface area (Å²) in [7, 11) is 4.09. The lowest BCUT2D eigenvalue weighted by molar-refractivity contribution is -0.123. The van der Waals surface area contributed by atoms with Crippen molar-refractivity contribution in [2.45, 2.75) is 25.4 Å². The van der Waals surface area contributed by atoms with Crippen LogP contribution >= 0.6 is 0 Å². The summed E-state index contributed by atoms with van der Waals surface area (Å²) in [6.07, 6.45) is 1.78. The van der Waals surface area contributed by atoms with E-state index >= 15 is 0 Å². The molecule has 1 amide bonds. The van der Waals surface area contributed by atoms with Crippen molar-refractivity contribution in [2.24, 2.45) is 0 Å². The van der Waals surface area contributed by atoms with Gasteiger partial charge in [-0.1, -0.05) is 24.3 Å². The predicted octanol–water partition coefficient (Wildman–Crippen LogP) is 0.769. The van der Waals surface area contributed by atoms with Crippen molar-refractivity contribution >= 4 is 5.91 Å². The third-order valence-electron chi connectivity index (χ3n) is 3.48.